The molecule has 0 saturated heterocycles. The second kappa shape index (κ2) is 4.37. The summed E-state index contributed by atoms with van der Waals surface area (Å²) >= 11 is 5.91. The number of hydrogen-bond acceptors (Lipinski definition) is 2. The van der Waals surface area contributed by atoms with Crippen LogP contribution in [-0.2, 0) is 0 Å². The molecule has 0 saturated carbocycles. The SMILES string of the molecule is O=C(c1ccccc1)c1cc(O)ccc1Cl. The van der Waals surface area contributed by atoms with Crippen LogP contribution in [0.1, 0.15) is 15.9 Å². The largest absolute Gasteiger partial charge is 0.508 e. The van der Waals surface area contributed by atoms with E-state index >= 15 is 0 Å². The van der Waals surface area contributed by atoms with Gasteiger partial charge in [-0.15, -0.1) is 0 Å². The molecular formula is C13H9ClO2. The van der Waals surface area contributed by atoms with E-state index in [-0.39, 0.29) is 11.5 Å². The quantitative estimate of drug-likeness (QED) is 0.807. The van der Waals surface area contributed by atoms with E-state index in [0.29, 0.717) is 16.1 Å². The van der Waals surface area contributed by atoms with Crippen molar-refractivity contribution in [3.63, 3.8) is 0 Å². The van der Waals surface area contributed by atoms with E-state index in [4.69, 9.17) is 11.6 Å². The Bertz CT molecular complexity index is 521. The molecule has 0 spiro atoms. The van der Waals surface area contributed by atoms with E-state index < -0.39 is 0 Å². The molecule has 0 fully saturated rings. The van der Waals surface area contributed by atoms with Gasteiger partial charge in [0.2, 0.25) is 0 Å². The summed E-state index contributed by atoms with van der Waals surface area (Å²) in [5.74, 6) is -0.162. The number of ketones is 1. The number of hydrogen-bond donors (Lipinski definition) is 1. The van der Waals surface area contributed by atoms with Crippen LogP contribution in [0.15, 0.2) is 48.5 Å². The number of halogens is 1. The van der Waals surface area contributed by atoms with Crippen LogP contribution in [-0.4, -0.2) is 10.9 Å². The summed E-state index contributed by atoms with van der Waals surface area (Å²) < 4.78 is 0. The fourth-order valence-electron chi connectivity index (χ4n) is 1.43. The zero-order chi connectivity index (χ0) is 11.5. The molecule has 2 aromatic rings. The Labute approximate surface area is 98.1 Å². The standard InChI is InChI=1S/C13H9ClO2/c14-12-7-6-10(15)8-11(12)13(16)9-4-2-1-3-5-9/h1-8,15H. The van der Waals surface area contributed by atoms with Crippen molar-refractivity contribution < 1.29 is 9.90 Å². The lowest BCUT2D eigenvalue weighted by molar-refractivity contribution is 0.103. The first-order chi connectivity index (χ1) is 7.68. The highest BCUT2D eigenvalue weighted by Gasteiger charge is 2.12. The molecule has 0 atom stereocenters. The minimum atomic E-state index is -0.193. The van der Waals surface area contributed by atoms with Crippen molar-refractivity contribution in [1.29, 1.82) is 0 Å². The van der Waals surface area contributed by atoms with Crippen molar-refractivity contribution in [3.05, 3.63) is 64.7 Å². The number of carbonyl (C=O) groups is 1. The van der Waals surface area contributed by atoms with Crippen LogP contribution in [0.4, 0.5) is 0 Å². The summed E-state index contributed by atoms with van der Waals surface area (Å²) in [5, 5.41) is 9.66. The van der Waals surface area contributed by atoms with Gasteiger partial charge in [0.25, 0.3) is 0 Å². The Kier molecular flexibility index (Phi) is 2.93. The molecule has 3 heteroatoms. The first-order valence-electron chi connectivity index (χ1n) is 4.77. The number of phenolic OH excluding ortho intramolecular Hbond substituents is 1. The van der Waals surface area contributed by atoms with Gasteiger partial charge in [0.1, 0.15) is 5.75 Å². The zero-order valence-electron chi connectivity index (χ0n) is 8.35. The molecule has 0 aliphatic rings. The third-order valence-electron chi connectivity index (χ3n) is 2.23. The monoisotopic (exact) mass is 232 g/mol. The number of benzene rings is 2. The maximum absolute atomic E-state index is 12.0. The van der Waals surface area contributed by atoms with Gasteiger partial charge < -0.3 is 5.11 Å². The lowest BCUT2D eigenvalue weighted by Crippen LogP contribution is -2.01. The molecule has 16 heavy (non-hydrogen) atoms. The molecule has 0 bridgehead atoms. The lowest BCUT2D eigenvalue weighted by atomic mass is 10.0. The fourth-order valence-corrected chi connectivity index (χ4v) is 1.64. The van der Waals surface area contributed by atoms with Gasteiger partial charge >= 0.3 is 0 Å². The van der Waals surface area contributed by atoms with Gasteiger partial charge in [0.15, 0.2) is 5.78 Å². The fraction of sp³-hybridized carbons (Fsp3) is 0. The smallest absolute Gasteiger partial charge is 0.194 e. The molecule has 0 heterocycles. The van der Waals surface area contributed by atoms with Gasteiger partial charge in [-0.25, -0.2) is 0 Å². The van der Waals surface area contributed by atoms with Crippen LogP contribution in [0.5, 0.6) is 5.75 Å². The second-order valence-electron chi connectivity index (χ2n) is 3.36. The van der Waals surface area contributed by atoms with Crippen molar-refractivity contribution >= 4 is 17.4 Å². The van der Waals surface area contributed by atoms with Crippen LogP contribution >= 0.6 is 11.6 Å². The average molecular weight is 233 g/mol. The van der Waals surface area contributed by atoms with Gasteiger partial charge in [0.05, 0.1) is 5.02 Å². The summed E-state index contributed by atoms with van der Waals surface area (Å²) in [5.41, 5.74) is 0.864. The maximum atomic E-state index is 12.0. The highest BCUT2D eigenvalue weighted by molar-refractivity contribution is 6.35. The molecular weight excluding hydrogens is 224 g/mol. The van der Waals surface area contributed by atoms with Crippen molar-refractivity contribution in [2.24, 2.45) is 0 Å². The summed E-state index contributed by atoms with van der Waals surface area (Å²) in [4.78, 5) is 12.0. The molecule has 0 aliphatic heterocycles. The van der Waals surface area contributed by atoms with E-state index in [1.807, 2.05) is 6.07 Å². The Morgan fingerprint density at radius 1 is 1.06 bits per heavy atom. The summed E-state index contributed by atoms with van der Waals surface area (Å²) in [6.45, 7) is 0. The topological polar surface area (TPSA) is 37.3 Å². The first-order valence-corrected chi connectivity index (χ1v) is 5.14. The predicted octanol–water partition coefficient (Wildman–Crippen LogP) is 3.28. The van der Waals surface area contributed by atoms with E-state index in [1.165, 1.54) is 18.2 Å². The van der Waals surface area contributed by atoms with Gasteiger partial charge in [-0.3, -0.25) is 4.79 Å². The Hall–Kier alpha value is -1.80. The zero-order valence-corrected chi connectivity index (χ0v) is 9.11. The number of carbonyl (C=O) groups excluding carboxylic acids is 1. The van der Waals surface area contributed by atoms with Crippen molar-refractivity contribution in [2.75, 3.05) is 0 Å². The van der Waals surface area contributed by atoms with Gasteiger partial charge in [-0.2, -0.15) is 0 Å². The van der Waals surface area contributed by atoms with E-state index in [1.54, 1.807) is 24.3 Å². The van der Waals surface area contributed by atoms with Crippen molar-refractivity contribution in [2.45, 2.75) is 0 Å². The highest BCUT2D eigenvalue weighted by atomic mass is 35.5. The van der Waals surface area contributed by atoms with Crippen LogP contribution in [0.3, 0.4) is 0 Å². The second-order valence-corrected chi connectivity index (χ2v) is 3.77. The molecule has 2 aromatic carbocycles. The molecule has 80 valence electrons. The predicted molar refractivity (Wildman–Crippen MR) is 63.0 cm³/mol. The minimum Gasteiger partial charge on any atom is -0.508 e. The number of phenols is 1. The van der Waals surface area contributed by atoms with Gasteiger partial charge in [-0.1, -0.05) is 41.9 Å². The summed E-state index contributed by atoms with van der Waals surface area (Å²) in [7, 11) is 0. The molecule has 0 aliphatic carbocycles. The summed E-state index contributed by atoms with van der Waals surface area (Å²) in [6.07, 6.45) is 0. The Balaban J connectivity index is 2.46. The van der Waals surface area contributed by atoms with Crippen molar-refractivity contribution in [1.82, 2.24) is 0 Å². The van der Waals surface area contributed by atoms with Crippen LogP contribution in [0, 0.1) is 0 Å². The van der Waals surface area contributed by atoms with Crippen molar-refractivity contribution in [3.8, 4) is 5.75 Å². The average Bonchev–Trinajstić information content (AvgIpc) is 2.32. The lowest BCUT2D eigenvalue weighted by Gasteiger charge is -2.04. The summed E-state index contributed by atoms with van der Waals surface area (Å²) in [6, 6.07) is 13.1. The maximum Gasteiger partial charge on any atom is 0.194 e. The third-order valence-corrected chi connectivity index (χ3v) is 2.56. The highest BCUT2D eigenvalue weighted by Crippen LogP contribution is 2.23. The minimum absolute atomic E-state index is 0.0312. The van der Waals surface area contributed by atoms with Crippen LogP contribution in [0.2, 0.25) is 5.02 Å². The molecule has 0 amide bonds. The molecule has 1 N–H and O–H groups in total. The van der Waals surface area contributed by atoms with E-state index in [9.17, 15) is 9.90 Å². The van der Waals surface area contributed by atoms with Crippen LogP contribution < -0.4 is 0 Å². The van der Waals surface area contributed by atoms with Crippen LogP contribution in [0.25, 0.3) is 0 Å². The number of aromatic hydroxyl groups is 1. The van der Waals surface area contributed by atoms with Gasteiger partial charge in [0, 0.05) is 11.1 Å². The number of rotatable bonds is 2. The van der Waals surface area contributed by atoms with Gasteiger partial charge in [-0.05, 0) is 18.2 Å². The molecule has 0 aromatic heterocycles. The molecule has 0 unspecified atom stereocenters. The normalized spacial score (nSPS) is 10.1. The third kappa shape index (κ3) is 2.07. The van der Waals surface area contributed by atoms with E-state index in [0.717, 1.165) is 0 Å². The Morgan fingerprint density at radius 2 is 1.75 bits per heavy atom. The molecule has 0 radical (unpaired) electrons. The Morgan fingerprint density at radius 3 is 2.44 bits per heavy atom. The van der Waals surface area contributed by atoms with E-state index in [2.05, 4.69) is 0 Å². The first kappa shape index (κ1) is 10.7. The molecule has 2 nitrogen and oxygen atoms in total. The molecule has 2 rings (SSSR count).